The van der Waals surface area contributed by atoms with Crippen LogP contribution in [0, 0.1) is 11.7 Å². The van der Waals surface area contributed by atoms with Crippen LogP contribution in [0.3, 0.4) is 0 Å². The molecule has 2 aromatic carbocycles. The van der Waals surface area contributed by atoms with Crippen LogP contribution in [0.1, 0.15) is 32.3 Å². The zero-order valence-electron chi connectivity index (χ0n) is 13.2. The molecule has 0 heterocycles. The van der Waals surface area contributed by atoms with Gasteiger partial charge in [0, 0.05) is 5.56 Å². The standard InChI is InChI=1S/C19H21FO2/c1-13(2)12-22-19(21)14(3)16-9-10-17(18(20)11-16)15-7-5-4-6-8-15/h4-11,13-14H,12H2,1-3H3/i3-1. The number of hydrogen-bond acceptors (Lipinski definition) is 2. The van der Waals surface area contributed by atoms with E-state index in [9.17, 15) is 9.18 Å². The molecule has 2 aromatic rings. The maximum Gasteiger partial charge on any atom is 0.313 e. The Bertz CT molecular complexity index is 635. The van der Waals surface area contributed by atoms with E-state index >= 15 is 0 Å². The van der Waals surface area contributed by atoms with Gasteiger partial charge in [-0.15, -0.1) is 0 Å². The zero-order chi connectivity index (χ0) is 16.1. The van der Waals surface area contributed by atoms with Gasteiger partial charge in [-0.2, -0.15) is 0 Å². The summed E-state index contributed by atoms with van der Waals surface area (Å²) in [5.74, 6) is -0.834. The van der Waals surface area contributed by atoms with Crippen LogP contribution in [-0.2, 0) is 9.53 Å². The highest BCUT2D eigenvalue weighted by atomic mass is 19.1. The average Bonchev–Trinajstić information content (AvgIpc) is 2.52. The Morgan fingerprint density at radius 3 is 2.36 bits per heavy atom. The van der Waals surface area contributed by atoms with E-state index in [4.69, 9.17) is 4.74 Å². The Morgan fingerprint density at radius 1 is 1.09 bits per heavy atom. The summed E-state index contributed by atoms with van der Waals surface area (Å²) in [5, 5.41) is 0. The molecule has 0 aromatic heterocycles. The molecular weight excluding hydrogens is 278 g/mol. The number of esters is 1. The van der Waals surface area contributed by atoms with E-state index in [1.165, 1.54) is 6.07 Å². The van der Waals surface area contributed by atoms with Gasteiger partial charge in [-0.3, -0.25) is 4.79 Å². The van der Waals surface area contributed by atoms with Crippen LogP contribution in [0.4, 0.5) is 4.39 Å². The molecule has 1 atom stereocenters. The molecule has 0 aliphatic heterocycles. The molecule has 0 saturated carbocycles. The van der Waals surface area contributed by atoms with Gasteiger partial charge in [-0.05, 0) is 30.0 Å². The molecule has 0 aliphatic rings. The first kappa shape index (κ1) is 16.2. The maximum atomic E-state index is 14.3. The molecule has 2 rings (SSSR count). The first-order valence-corrected chi connectivity index (χ1v) is 7.50. The highest BCUT2D eigenvalue weighted by molar-refractivity contribution is 5.78. The van der Waals surface area contributed by atoms with Crippen molar-refractivity contribution < 1.29 is 13.9 Å². The van der Waals surface area contributed by atoms with Gasteiger partial charge >= 0.3 is 5.97 Å². The second kappa shape index (κ2) is 7.21. The van der Waals surface area contributed by atoms with Crippen molar-refractivity contribution in [2.24, 2.45) is 5.92 Å². The number of rotatable bonds is 5. The van der Waals surface area contributed by atoms with Crippen LogP contribution in [0.2, 0.25) is 0 Å². The summed E-state index contributed by atoms with van der Waals surface area (Å²) in [6, 6.07) is 14.3. The van der Waals surface area contributed by atoms with Crippen LogP contribution < -0.4 is 0 Å². The zero-order valence-corrected chi connectivity index (χ0v) is 13.2. The van der Waals surface area contributed by atoms with Crippen LogP contribution in [0.5, 0.6) is 0 Å². The summed E-state index contributed by atoms with van der Waals surface area (Å²) in [7, 11) is 0. The van der Waals surface area contributed by atoms with Crippen molar-refractivity contribution in [3.8, 4) is 11.1 Å². The Morgan fingerprint density at radius 2 is 1.77 bits per heavy atom. The van der Waals surface area contributed by atoms with E-state index in [2.05, 4.69) is 0 Å². The van der Waals surface area contributed by atoms with Gasteiger partial charge in [-0.1, -0.05) is 56.3 Å². The van der Waals surface area contributed by atoms with Crippen molar-refractivity contribution in [3.05, 3.63) is 59.9 Å². The molecule has 116 valence electrons. The predicted molar refractivity (Wildman–Crippen MR) is 86.0 cm³/mol. The molecule has 2 nitrogen and oxygen atoms in total. The third-order valence-corrected chi connectivity index (χ3v) is 3.49. The number of carbonyl (C=O) groups is 1. The minimum absolute atomic E-state index is 0.286. The van der Waals surface area contributed by atoms with E-state index in [0.29, 0.717) is 17.7 Å². The van der Waals surface area contributed by atoms with E-state index in [1.807, 2.05) is 44.2 Å². The van der Waals surface area contributed by atoms with Crippen molar-refractivity contribution >= 4 is 5.97 Å². The molecule has 0 N–H and O–H groups in total. The number of halogens is 1. The van der Waals surface area contributed by atoms with E-state index in [1.54, 1.807) is 19.1 Å². The van der Waals surface area contributed by atoms with Crippen molar-refractivity contribution in [2.75, 3.05) is 6.61 Å². The van der Waals surface area contributed by atoms with Crippen molar-refractivity contribution in [3.63, 3.8) is 0 Å². The molecule has 0 aliphatic carbocycles. The molecule has 22 heavy (non-hydrogen) atoms. The van der Waals surface area contributed by atoms with E-state index in [-0.39, 0.29) is 17.7 Å². The Hall–Kier alpha value is -2.16. The Labute approximate surface area is 130 Å². The van der Waals surface area contributed by atoms with Gasteiger partial charge in [0.2, 0.25) is 0 Å². The fraction of sp³-hybridized carbons (Fsp3) is 0.316. The fourth-order valence-corrected chi connectivity index (χ4v) is 2.16. The summed E-state index contributed by atoms with van der Waals surface area (Å²) in [6.45, 7) is 6.08. The van der Waals surface area contributed by atoms with Crippen LogP contribution >= 0.6 is 0 Å². The smallest absolute Gasteiger partial charge is 0.313 e. The molecule has 0 spiro atoms. The Balaban J connectivity index is 2.17. The second-order valence-corrected chi connectivity index (χ2v) is 5.85. The molecule has 0 amide bonds. The number of ether oxygens (including phenoxy) is 1. The quantitative estimate of drug-likeness (QED) is 0.742. The maximum absolute atomic E-state index is 14.3. The molecular formula is C19H21FO2. The van der Waals surface area contributed by atoms with Gasteiger partial charge in [0.1, 0.15) is 5.82 Å². The molecule has 0 fully saturated rings. The van der Waals surface area contributed by atoms with Gasteiger partial charge in [0.05, 0.1) is 12.5 Å². The SMILES string of the molecule is CC(C)COC(=O)C([11CH3])c1ccc(-c2ccccc2)c(F)c1. The number of carbonyl (C=O) groups excluding carboxylic acids is 1. The van der Waals surface area contributed by atoms with Crippen molar-refractivity contribution in [1.82, 2.24) is 0 Å². The number of hydrogen-bond donors (Lipinski definition) is 0. The summed E-state index contributed by atoms with van der Waals surface area (Å²) in [4.78, 5) is 12.0. The number of benzene rings is 2. The van der Waals surface area contributed by atoms with Crippen LogP contribution in [-0.4, -0.2) is 12.6 Å². The third kappa shape index (κ3) is 3.94. The Kier molecular flexibility index (Phi) is 5.31. The summed E-state index contributed by atoms with van der Waals surface area (Å²) < 4.78 is 19.5. The summed E-state index contributed by atoms with van der Waals surface area (Å²) in [5.41, 5.74) is 1.99. The lowest BCUT2D eigenvalue weighted by molar-refractivity contribution is -0.146. The van der Waals surface area contributed by atoms with Gasteiger partial charge in [-0.25, -0.2) is 4.39 Å². The third-order valence-electron chi connectivity index (χ3n) is 3.49. The minimum atomic E-state index is -0.474. The van der Waals surface area contributed by atoms with Crippen LogP contribution in [0.15, 0.2) is 48.5 Å². The highest BCUT2D eigenvalue weighted by Gasteiger charge is 2.19. The summed E-state index contributed by atoms with van der Waals surface area (Å²) in [6.07, 6.45) is 0. The largest absolute Gasteiger partial charge is 0.465 e. The fourth-order valence-electron chi connectivity index (χ4n) is 2.16. The molecule has 1 unspecified atom stereocenters. The highest BCUT2D eigenvalue weighted by Crippen LogP contribution is 2.26. The topological polar surface area (TPSA) is 26.3 Å². The monoisotopic (exact) mass is 299 g/mol. The van der Waals surface area contributed by atoms with E-state index in [0.717, 1.165) is 5.56 Å². The van der Waals surface area contributed by atoms with Gasteiger partial charge < -0.3 is 4.74 Å². The first-order valence-electron chi connectivity index (χ1n) is 7.50. The molecule has 0 bridgehead atoms. The predicted octanol–water partition coefficient (Wildman–Crippen LogP) is 4.80. The lowest BCUT2D eigenvalue weighted by Gasteiger charge is -2.14. The minimum Gasteiger partial charge on any atom is -0.465 e. The lowest BCUT2D eigenvalue weighted by Crippen LogP contribution is -2.16. The molecule has 3 heteroatoms. The van der Waals surface area contributed by atoms with Crippen molar-refractivity contribution in [2.45, 2.75) is 26.7 Å². The average molecular weight is 299 g/mol. The van der Waals surface area contributed by atoms with Crippen molar-refractivity contribution in [1.29, 1.82) is 0 Å². The van der Waals surface area contributed by atoms with Gasteiger partial charge in [0.15, 0.2) is 0 Å². The molecule has 0 radical (unpaired) electrons. The summed E-state index contributed by atoms with van der Waals surface area (Å²) >= 11 is 0. The van der Waals surface area contributed by atoms with E-state index < -0.39 is 5.92 Å². The van der Waals surface area contributed by atoms with Gasteiger partial charge in [0.25, 0.3) is 0 Å². The molecule has 0 saturated heterocycles. The second-order valence-electron chi connectivity index (χ2n) is 5.85. The normalized spacial score (nSPS) is 12.2. The van der Waals surface area contributed by atoms with Crippen LogP contribution in [0.25, 0.3) is 11.1 Å². The lowest BCUT2D eigenvalue weighted by atomic mass is 9.86. The first-order chi connectivity index (χ1) is 10.5.